The minimum absolute atomic E-state index is 0.226. The minimum Gasteiger partial charge on any atom is -0.207 e. The fourth-order valence-electron chi connectivity index (χ4n) is 3.96. The van der Waals surface area contributed by atoms with Gasteiger partial charge in [-0.1, -0.05) is 50.1 Å². The van der Waals surface area contributed by atoms with Crippen molar-refractivity contribution >= 4 is 0 Å². The van der Waals surface area contributed by atoms with Crippen molar-refractivity contribution in [2.45, 2.75) is 39.0 Å². The molecule has 0 nitrogen and oxygen atoms in total. The van der Waals surface area contributed by atoms with Crippen molar-refractivity contribution in [2.24, 2.45) is 0 Å². The molecule has 3 aromatic rings. The molecule has 1 aliphatic carbocycles. The second-order valence-electron chi connectivity index (χ2n) is 7.24. The molecule has 0 saturated heterocycles. The van der Waals surface area contributed by atoms with Crippen LogP contribution >= 0.6 is 0 Å². The summed E-state index contributed by atoms with van der Waals surface area (Å²) in [6.07, 6.45) is 5.11. The smallest absolute Gasteiger partial charge is 0.135 e. The summed E-state index contributed by atoms with van der Waals surface area (Å²) in [5, 5.41) is 0. The van der Waals surface area contributed by atoms with Gasteiger partial charge in [0, 0.05) is 23.6 Å². The molecule has 0 amide bonds. The van der Waals surface area contributed by atoms with Crippen molar-refractivity contribution in [2.75, 3.05) is 0 Å². The van der Waals surface area contributed by atoms with Gasteiger partial charge in [-0.3, -0.25) is 0 Å². The molecule has 0 unspecified atom stereocenters. The summed E-state index contributed by atoms with van der Waals surface area (Å²) in [6.45, 7) is 2.18. The zero-order valence-corrected chi connectivity index (χ0v) is 15.3. The van der Waals surface area contributed by atoms with Gasteiger partial charge in [0.1, 0.15) is 17.5 Å². The molecule has 0 saturated carbocycles. The monoisotopic (exact) mass is 366 g/mol. The molecule has 0 radical (unpaired) electrons. The maximum absolute atomic E-state index is 15.2. The highest BCUT2D eigenvalue weighted by Gasteiger charge is 2.24. The van der Waals surface area contributed by atoms with E-state index in [-0.39, 0.29) is 16.9 Å². The van der Waals surface area contributed by atoms with Gasteiger partial charge in [0.2, 0.25) is 0 Å². The van der Waals surface area contributed by atoms with Crippen LogP contribution in [0.5, 0.6) is 0 Å². The van der Waals surface area contributed by atoms with Crippen molar-refractivity contribution < 1.29 is 13.2 Å². The Kier molecular flexibility index (Phi) is 4.77. The van der Waals surface area contributed by atoms with Crippen LogP contribution in [-0.4, -0.2) is 0 Å². The van der Waals surface area contributed by atoms with Gasteiger partial charge in [0.25, 0.3) is 0 Å². The van der Waals surface area contributed by atoms with Crippen LogP contribution in [0.1, 0.15) is 42.9 Å². The highest BCUT2D eigenvalue weighted by atomic mass is 19.1. The summed E-state index contributed by atoms with van der Waals surface area (Å²) >= 11 is 0. The molecule has 0 N–H and O–H groups in total. The van der Waals surface area contributed by atoms with E-state index < -0.39 is 11.6 Å². The number of benzene rings is 3. The maximum atomic E-state index is 15.2. The third-order valence-electron chi connectivity index (χ3n) is 5.31. The lowest BCUT2D eigenvalue weighted by molar-refractivity contribution is 0.583. The number of rotatable bonds is 5. The molecule has 138 valence electrons. The predicted molar refractivity (Wildman–Crippen MR) is 103 cm³/mol. The third-order valence-corrected chi connectivity index (χ3v) is 5.31. The fourth-order valence-corrected chi connectivity index (χ4v) is 3.96. The molecule has 0 bridgehead atoms. The van der Waals surface area contributed by atoms with E-state index in [2.05, 4.69) is 25.1 Å². The Morgan fingerprint density at radius 1 is 0.778 bits per heavy atom. The first-order valence-corrected chi connectivity index (χ1v) is 9.47. The van der Waals surface area contributed by atoms with Crippen LogP contribution < -0.4 is 0 Å². The molecule has 0 atom stereocenters. The van der Waals surface area contributed by atoms with Crippen LogP contribution in [0, 0.1) is 17.5 Å². The molecule has 27 heavy (non-hydrogen) atoms. The summed E-state index contributed by atoms with van der Waals surface area (Å²) in [5.74, 6) is -1.80. The standard InChI is InChI=1S/C24H21F3/c1-2-3-4-5-15-6-7-20-16(10-15)13-23-22(20)9-8-21(24(23)27)17-11-18(25)14-19(26)12-17/h6-12,14H,2-5,13H2,1H3. The highest BCUT2D eigenvalue weighted by Crippen LogP contribution is 2.41. The molecular formula is C24H21F3. The molecule has 3 heteroatoms. The van der Waals surface area contributed by atoms with Gasteiger partial charge >= 0.3 is 0 Å². The zero-order valence-electron chi connectivity index (χ0n) is 15.3. The average Bonchev–Trinajstić information content (AvgIpc) is 3.00. The molecule has 0 aromatic heterocycles. The van der Waals surface area contributed by atoms with Crippen molar-refractivity contribution in [3.8, 4) is 22.3 Å². The summed E-state index contributed by atoms with van der Waals surface area (Å²) < 4.78 is 42.3. The van der Waals surface area contributed by atoms with Gasteiger partial charge in [0.05, 0.1) is 0 Å². The average molecular weight is 366 g/mol. The largest absolute Gasteiger partial charge is 0.207 e. The topological polar surface area (TPSA) is 0 Å². The first kappa shape index (κ1) is 17.8. The molecule has 0 fully saturated rings. The molecular weight excluding hydrogens is 345 g/mol. The van der Waals surface area contributed by atoms with Crippen molar-refractivity contribution in [3.05, 3.63) is 82.7 Å². The Bertz CT molecular complexity index is 984. The van der Waals surface area contributed by atoms with Gasteiger partial charge in [-0.15, -0.1) is 0 Å². The lowest BCUT2D eigenvalue weighted by Crippen LogP contribution is -1.94. The summed E-state index contributed by atoms with van der Waals surface area (Å²) in [4.78, 5) is 0. The summed E-state index contributed by atoms with van der Waals surface area (Å²) in [5.41, 5.74) is 5.41. The number of hydrogen-bond donors (Lipinski definition) is 0. The minimum atomic E-state index is -0.704. The first-order chi connectivity index (χ1) is 13.1. The van der Waals surface area contributed by atoms with Crippen LogP contribution in [0.3, 0.4) is 0 Å². The number of aryl methyl sites for hydroxylation is 1. The maximum Gasteiger partial charge on any atom is 0.135 e. The van der Waals surface area contributed by atoms with Gasteiger partial charge in [0.15, 0.2) is 0 Å². The quantitative estimate of drug-likeness (QED) is 0.331. The third kappa shape index (κ3) is 3.39. The number of hydrogen-bond acceptors (Lipinski definition) is 0. The SMILES string of the molecule is CCCCCc1ccc2c(c1)Cc1c-2ccc(-c2cc(F)cc(F)c2)c1F. The molecule has 0 aliphatic heterocycles. The van der Waals surface area contributed by atoms with Gasteiger partial charge in [-0.05, 0) is 52.8 Å². The van der Waals surface area contributed by atoms with Crippen molar-refractivity contribution in [1.82, 2.24) is 0 Å². The lowest BCUT2D eigenvalue weighted by atomic mass is 9.97. The second-order valence-corrected chi connectivity index (χ2v) is 7.24. The van der Waals surface area contributed by atoms with E-state index >= 15 is 4.39 Å². The van der Waals surface area contributed by atoms with Gasteiger partial charge in [-0.25, -0.2) is 13.2 Å². The zero-order chi connectivity index (χ0) is 19.0. The highest BCUT2D eigenvalue weighted by molar-refractivity contribution is 5.81. The fraction of sp³-hybridized carbons (Fsp3) is 0.250. The Morgan fingerprint density at radius 3 is 2.22 bits per heavy atom. The first-order valence-electron chi connectivity index (χ1n) is 9.47. The van der Waals surface area contributed by atoms with E-state index in [4.69, 9.17) is 0 Å². The summed E-state index contributed by atoms with van der Waals surface area (Å²) in [7, 11) is 0. The molecule has 3 aromatic carbocycles. The van der Waals surface area contributed by atoms with E-state index in [9.17, 15) is 8.78 Å². The Labute approximate surface area is 157 Å². The van der Waals surface area contributed by atoms with E-state index in [0.29, 0.717) is 12.0 Å². The normalized spacial score (nSPS) is 12.1. The molecule has 1 aliphatic rings. The lowest BCUT2D eigenvalue weighted by Gasteiger charge is -2.09. The molecule has 0 heterocycles. The molecule has 4 rings (SSSR count). The van der Waals surface area contributed by atoms with E-state index in [1.807, 2.05) is 6.07 Å². The molecule has 0 spiro atoms. The Hall–Kier alpha value is -2.55. The van der Waals surface area contributed by atoms with Crippen molar-refractivity contribution in [1.29, 1.82) is 0 Å². The number of halogens is 3. The van der Waals surface area contributed by atoms with E-state index in [0.717, 1.165) is 35.6 Å². The number of fused-ring (bicyclic) bond motifs is 3. The van der Waals surface area contributed by atoms with Crippen LogP contribution in [0.2, 0.25) is 0 Å². The Balaban J connectivity index is 1.69. The number of unbranched alkanes of at least 4 members (excludes halogenated alkanes) is 2. The van der Waals surface area contributed by atoms with Crippen LogP contribution in [0.15, 0.2) is 48.5 Å². The predicted octanol–water partition coefficient (Wildman–Crippen LogP) is 7.07. The summed E-state index contributed by atoms with van der Waals surface area (Å²) in [6, 6.07) is 13.0. The van der Waals surface area contributed by atoms with Gasteiger partial charge in [-0.2, -0.15) is 0 Å². The van der Waals surface area contributed by atoms with Crippen molar-refractivity contribution in [3.63, 3.8) is 0 Å². The van der Waals surface area contributed by atoms with Crippen LogP contribution in [0.25, 0.3) is 22.3 Å². The van der Waals surface area contributed by atoms with Crippen LogP contribution in [-0.2, 0) is 12.8 Å². The van der Waals surface area contributed by atoms with Crippen LogP contribution in [0.4, 0.5) is 13.2 Å². The van der Waals surface area contributed by atoms with Gasteiger partial charge < -0.3 is 0 Å². The Morgan fingerprint density at radius 2 is 1.48 bits per heavy atom. The van der Waals surface area contributed by atoms with E-state index in [1.54, 1.807) is 6.07 Å². The van der Waals surface area contributed by atoms with E-state index in [1.165, 1.54) is 30.5 Å². The second kappa shape index (κ2) is 7.22.